The summed E-state index contributed by atoms with van der Waals surface area (Å²) in [5.41, 5.74) is 9.55. The highest BCUT2D eigenvalue weighted by Gasteiger charge is 2.33. The Morgan fingerprint density at radius 1 is 1.08 bits per heavy atom. The van der Waals surface area contributed by atoms with Crippen molar-refractivity contribution in [2.24, 2.45) is 5.73 Å². The second-order valence-corrected chi connectivity index (χ2v) is 11.3. The van der Waals surface area contributed by atoms with E-state index in [1.807, 2.05) is 15.5 Å². The molecule has 1 aromatic carbocycles. The van der Waals surface area contributed by atoms with Gasteiger partial charge in [0, 0.05) is 55.9 Å². The summed E-state index contributed by atoms with van der Waals surface area (Å²) in [4.78, 5) is 25.6. The van der Waals surface area contributed by atoms with Crippen LogP contribution in [0.5, 0.6) is 5.75 Å². The van der Waals surface area contributed by atoms with Gasteiger partial charge < -0.3 is 25.2 Å². The minimum Gasteiger partial charge on any atom is -0.493 e. The number of piperidine rings is 1. The maximum Gasteiger partial charge on any atom is 0.258 e. The van der Waals surface area contributed by atoms with Gasteiger partial charge in [0.05, 0.1) is 23.9 Å². The summed E-state index contributed by atoms with van der Waals surface area (Å²) in [6.07, 6.45) is 5.60. The van der Waals surface area contributed by atoms with Crippen molar-refractivity contribution in [3.8, 4) is 5.75 Å². The molecule has 38 heavy (non-hydrogen) atoms. The van der Waals surface area contributed by atoms with E-state index >= 15 is 0 Å². The Balaban J connectivity index is 1.49. The number of fused-ring (bicyclic) bond motifs is 4. The molecule has 2 N–H and O–H groups in total. The molecule has 0 spiro atoms. The molecule has 6 rings (SSSR count). The van der Waals surface area contributed by atoms with Crippen LogP contribution in [0.1, 0.15) is 66.2 Å². The number of hydrogen-bond donors (Lipinski definition) is 1. The third-order valence-electron chi connectivity index (χ3n) is 8.11. The molecule has 0 radical (unpaired) electrons. The van der Waals surface area contributed by atoms with E-state index in [2.05, 4.69) is 29.8 Å². The number of aromatic nitrogens is 3. The summed E-state index contributed by atoms with van der Waals surface area (Å²) < 4.78 is 8.11. The fraction of sp³-hybridized carbons (Fsp3) is 0.536. The minimum absolute atomic E-state index is 0.0626. The van der Waals surface area contributed by atoms with E-state index in [0.717, 1.165) is 86.7 Å². The lowest BCUT2D eigenvalue weighted by atomic mass is 9.98. The molecule has 1 amide bonds. The molecule has 202 valence electrons. The van der Waals surface area contributed by atoms with Crippen molar-refractivity contribution in [1.82, 2.24) is 19.5 Å². The van der Waals surface area contributed by atoms with Crippen LogP contribution in [0.4, 0.5) is 11.6 Å². The number of ether oxygens (including phenoxy) is 1. The van der Waals surface area contributed by atoms with Gasteiger partial charge in [-0.3, -0.25) is 4.79 Å². The summed E-state index contributed by atoms with van der Waals surface area (Å²) in [7, 11) is 2.12. The van der Waals surface area contributed by atoms with Crippen LogP contribution in [0.3, 0.4) is 0 Å². The zero-order chi connectivity index (χ0) is 26.4. The van der Waals surface area contributed by atoms with Crippen LogP contribution in [-0.4, -0.2) is 71.3 Å². The number of carbonyl (C=O) groups excluding carboxylic acids is 1. The van der Waals surface area contributed by atoms with E-state index in [0.29, 0.717) is 29.5 Å². The summed E-state index contributed by atoms with van der Waals surface area (Å²) in [6.45, 7) is 5.88. The Hall–Kier alpha value is -3.04. The fourth-order valence-corrected chi connectivity index (χ4v) is 6.32. The topological polar surface area (TPSA) is 92.2 Å². The molecule has 5 heterocycles. The Morgan fingerprint density at radius 3 is 2.74 bits per heavy atom. The van der Waals surface area contributed by atoms with Gasteiger partial charge >= 0.3 is 0 Å². The van der Waals surface area contributed by atoms with Gasteiger partial charge in [-0.25, -0.2) is 4.98 Å². The molecular weight excluding hydrogens is 502 g/mol. The van der Waals surface area contributed by atoms with Gasteiger partial charge in [0.15, 0.2) is 5.65 Å². The molecule has 0 saturated carbocycles. The van der Waals surface area contributed by atoms with Crippen molar-refractivity contribution in [3.63, 3.8) is 0 Å². The first-order valence-corrected chi connectivity index (χ1v) is 14.1. The van der Waals surface area contributed by atoms with Gasteiger partial charge in [0.25, 0.3) is 5.91 Å². The van der Waals surface area contributed by atoms with Gasteiger partial charge in [-0.2, -0.15) is 9.61 Å². The maximum atomic E-state index is 14.0. The van der Waals surface area contributed by atoms with Crippen LogP contribution in [0.15, 0.2) is 24.3 Å². The Bertz CT molecular complexity index is 1360. The number of hydrogen-bond acceptors (Lipinski definition) is 7. The normalized spacial score (nSPS) is 22.7. The van der Waals surface area contributed by atoms with Crippen molar-refractivity contribution in [3.05, 3.63) is 46.1 Å². The van der Waals surface area contributed by atoms with E-state index in [9.17, 15) is 4.79 Å². The minimum atomic E-state index is -0.142. The predicted molar refractivity (Wildman–Crippen MR) is 150 cm³/mol. The molecule has 2 fully saturated rings. The summed E-state index contributed by atoms with van der Waals surface area (Å²) >= 11 is 6.34. The summed E-state index contributed by atoms with van der Waals surface area (Å²) in [5, 5.41) is 5.64. The summed E-state index contributed by atoms with van der Waals surface area (Å²) in [6, 6.07) is 7.42. The molecule has 3 aliphatic heterocycles. The highest BCUT2D eigenvalue weighted by Crippen LogP contribution is 2.37. The molecule has 2 saturated heterocycles. The van der Waals surface area contributed by atoms with Crippen LogP contribution >= 0.6 is 11.6 Å². The molecule has 9 nitrogen and oxygen atoms in total. The van der Waals surface area contributed by atoms with Crippen molar-refractivity contribution in [2.45, 2.75) is 57.5 Å². The highest BCUT2D eigenvalue weighted by atomic mass is 35.5. The fourth-order valence-electron chi connectivity index (χ4n) is 6.15. The SMILES string of the molecule is Cc1c(N2CCC(N)C2)nc2cc3nn2c1N(C)CCCCOc1ccc(Cl)cc1C(=O)N1CCCCC31. The van der Waals surface area contributed by atoms with Gasteiger partial charge in [-0.15, -0.1) is 0 Å². The molecule has 2 aromatic heterocycles. The third-order valence-corrected chi connectivity index (χ3v) is 8.34. The number of rotatable bonds is 1. The number of anilines is 2. The lowest BCUT2D eigenvalue weighted by molar-refractivity contribution is 0.0601. The number of nitrogens with zero attached hydrogens (tertiary/aromatic N) is 6. The summed E-state index contributed by atoms with van der Waals surface area (Å²) in [5.74, 6) is 2.54. The lowest BCUT2D eigenvalue weighted by Gasteiger charge is -2.35. The average molecular weight is 538 g/mol. The first-order chi connectivity index (χ1) is 18.4. The van der Waals surface area contributed by atoms with Crippen LogP contribution in [0.25, 0.3) is 5.65 Å². The van der Waals surface area contributed by atoms with Crippen LogP contribution < -0.4 is 20.3 Å². The average Bonchev–Trinajstić information content (AvgIpc) is 3.53. The zero-order valence-corrected chi connectivity index (χ0v) is 23.0. The lowest BCUT2D eigenvalue weighted by Crippen LogP contribution is -2.39. The second-order valence-electron chi connectivity index (χ2n) is 10.8. The predicted octanol–water partition coefficient (Wildman–Crippen LogP) is 4.20. The van der Waals surface area contributed by atoms with Crippen LogP contribution in [-0.2, 0) is 0 Å². The van der Waals surface area contributed by atoms with E-state index in [1.165, 1.54) is 0 Å². The molecule has 3 aliphatic rings. The van der Waals surface area contributed by atoms with E-state index in [4.69, 9.17) is 32.2 Å². The standard InChI is InChI=1S/C28H36ClN7O2/c1-18-26(34-13-10-20(30)17-34)31-25-16-22-23-7-3-4-12-35(23)28(37)21-15-19(29)8-9-24(21)38-14-6-5-11-33(2)27(18)36(25)32-22/h8-9,15-16,20,23H,3-7,10-14,17,30H2,1-2H3. The van der Waals surface area contributed by atoms with Gasteiger partial charge in [0.2, 0.25) is 0 Å². The largest absolute Gasteiger partial charge is 0.493 e. The number of amides is 1. The number of carbonyl (C=O) groups is 1. The molecule has 10 heteroatoms. The smallest absolute Gasteiger partial charge is 0.258 e. The van der Waals surface area contributed by atoms with Gasteiger partial charge in [0.1, 0.15) is 17.4 Å². The second kappa shape index (κ2) is 10.3. The molecule has 0 aliphatic carbocycles. The zero-order valence-electron chi connectivity index (χ0n) is 22.2. The molecule has 2 bridgehead atoms. The molecule has 2 atom stereocenters. The monoisotopic (exact) mass is 537 g/mol. The van der Waals surface area contributed by atoms with Gasteiger partial charge in [-0.1, -0.05) is 11.6 Å². The van der Waals surface area contributed by atoms with Crippen LogP contribution in [0.2, 0.25) is 5.02 Å². The Morgan fingerprint density at radius 2 is 1.92 bits per heavy atom. The Kier molecular flexibility index (Phi) is 6.82. The first-order valence-electron chi connectivity index (χ1n) is 13.8. The first kappa shape index (κ1) is 25.2. The number of halogens is 1. The molecule has 2 unspecified atom stereocenters. The maximum absolute atomic E-state index is 14.0. The van der Waals surface area contributed by atoms with Crippen molar-refractivity contribution in [1.29, 1.82) is 0 Å². The van der Waals surface area contributed by atoms with Crippen LogP contribution in [0, 0.1) is 6.92 Å². The highest BCUT2D eigenvalue weighted by molar-refractivity contribution is 6.31. The number of nitrogens with two attached hydrogens (primary N) is 1. The number of benzene rings is 1. The van der Waals surface area contributed by atoms with Gasteiger partial charge in [-0.05, 0) is 63.6 Å². The molecule has 3 aromatic rings. The Labute approximate surface area is 228 Å². The van der Waals surface area contributed by atoms with Crippen molar-refractivity contribution in [2.75, 3.05) is 49.6 Å². The van der Waals surface area contributed by atoms with Crippen molar-refractivity contribution < 1.29 is 9.53 Å². The van der Waals surface area contributed by atoms with Crippen molar-refractivity contribution >= 4 is 34.8 Å². The van der Waals surface area contributed by atoms with E-state index in [1.54, 1.807) is 12.1 Å². The molecular formula is C28H36ClN7O2. The quantitative estimate of drug-likeness (QED) is 0.497. The van der Waals surface area contributed by atoms with E-state index in [-0.39, 0.29) is 18.0 Å². The third kappa shape index (κ3) is 4.56. The van der Waals surface area contributed by atoms with E-state index < -0.39 is 0 Å².